The Balaban J connectivity index is 2.05. The molecule has 1 aromatic heterocycles. The molecule has 84 valence electrons. The van der Waals surface area contributed by atoms with Crippen molar-refractivity contribution in [1.82, 2.24) is 10.3 Å². The van der Waals surface area contributed by atoms with Crippen LogP contribution in [0.1, 0.15) is 61.7 Å². The molecule has 1 N–H and O–H groups in total. The van der Waals surface area contributed by atoms with Crippen molar-refractivity contribution >= 4 is 11.3 Å². The average molecular weight is 224 g/mol. The standard InChI is InChI=1S/C12H20N2S/c1-9(13-2)11-8-15-12(14-11)10-6-4-3-5-7-10/h8-10,13H,3-7H2,1-2H3. The average Bonchev–Trinajstić information content (AvgIpc) is 2.78. The molecule has 2 rings (SSSR count). The molecule has 1 aromatic rings. The fourth-order valence-electron chi connectivity index (χ4n) is 2.18. The molecule has 0 aromatic carbocycles. The first-order valence-corrected chi connectivity index (χ1v) is 6.82. The molecule has 1 aliphatic carbocycles. The van der Waals surface area contributed by atoms with E-state index in [0.29, 0.717) is 6.04 Å². The van der Waals surface area contributed by atoms with Gasteiger partial charge in [0.05, 0.1) is 10.7 Å². The van der Waals surface area contributed by atoms with Crippen LogP contribution < -0.4 is 5.32 Å². The second-order valence-corrected chi connectivity index (χ2v) is 5.35. The van der Waals surface area contributed by atoms with Gasteiger partial charge in [0, 0.05) is 17.3 Å². The fourth-order valence-corrected chi connectivity index (χ4v) is 3.27. The summed E-state index contributed by atoms with van der Waals surface area (Å²) in [6.07, 6.45) is 6.89. The number of hydrogen-bond donors (Lipinski definition) is 1. The van der Waals surface area contributed by atoms with Crippen molar-refractivity contribution in [1.29, 1.82) is 0 Å². The second kappa shape index (κ2) is 5.08. The molecule has 1 atom stereocenters. The van der Waals surface area contributed by atoms with E-state index in [-0.39, 0.29) is 0 Å². The van der Waals surface area contributed by atoms with Gasteiger partial charge < -0.3 is 5.32 Å². The maximum atomic E-state index is 4.76. The van der Waals surface area contributed by atoms with Gasteiger partial charge in [-0.05, 0) is 26.8 Å². The quantitative estimate of drug-likeness (QED) is 0.850. The molecule has 0 spiro atoms. The van der Waals surface area contributed by atoms with Crippen molar-refractivity contribution in [3.05, 3.63) is 16.1 Å². The molecular weight excluding hydrogens is 204 g/mol. The van der Waals surface area contributed by atoms with Crippen LogP contribution in [0.3, 0.4) is 0 Å². The van der Waals surface area contributed by atoms with E-state index in [1.165, 1.54) is 42.8 Å². The first-order chi connectivity index (χ1) is 7.31. The highest BCUT2D eigenvalue weighted by Gasteiger charge is 2.19. The van der Waals surface area contributed by atoms with Gasteiger partial charge in [0.15, 0.2) is 0 Å². The first kappa shape index (κ1) is 11.1. The molecule has 3 heteroatoms. The maximum absolute atomic E-state index is 4.76. The highest BCUT2D eigenvalue weighted by atomic mass is 32.1. The predicted octanol–water partition coefficient (Wildman–Crippen LogP) is 3.47. The van der Waals surface area contributed by atoms with Crippen LogP contribution in [0.2, 0.25) is 0 Å². The lowest BCUT2D eigenvalue weighted by Crippen LogP contribution is -2.13. The molecule has 1 aliphatic rings. The summed E-state index contributed by atoms with van der Waals surface area (Å²) in [5.41, 5.74) is 1.21. The zero-order valence-electron chi connectivity index (χ0n) is 9.62. The Labute approximate surface area is 96.1 Å². The lowest BCUT2D eigenvalue weighted by molar-refractivity contribution is 0.441. The molecule has 0 saturated heterocycles. The van der Waals surface area contributed by atoms with E-state index in [4.69, 9.17) is 4.98 Å². The molecular formula is C12H20N2S. The Morgan fingerprint density at radius 3 is 2.80 bits per heavy atom. The summed E-state index contributed by atoms with van der Waals surface area (Å²) in [7, 11) is 1.99. The number of rotatable bonds is 3. The third kappa shape index (κ3) is 2.58. The normalized spacial score (nSPS) is 20.4. The zero-order valence-corrected chi connectivity index (χ0v) is 10.4. The molecule has 1 fully saturated rings. The number of thiazole rings is 1. The van der Waals surface area contributed by atoms with Crippen molar-refractivity contribution < 1.29 is 0 Å². The van der Waals surface area contributed by atoms with Gasteiger partial charge in [0.25, 0.3) is 0 Å². The monoisotopic (exact) mass is 224 g/mol. The Morgan fingerprint density at radius 1 is 1.40 bits per heavy atom. The Kier molecular flexibility index (Phi) is 3.76. The lowest BCUT2D eigenvalue weighted by Gasteiger charge is -2.19. The molecule has 0 bridgehead atoms. The molecule has 15 heavy (non-hydrogen) atoms. The smallest absolute Gasteiger partial charge is 0.0959 e. The summed E-state index contributed by atoms with van der Waals surface area (Å²) in [6, 6.07) is 0.388. The van der Waals surface area contributed by atoms with Crippen LogP contribution in [-0.2, 0) is 0 Å². The van der Waals surface area contributed by atoms with Gasteiger partial charge in [-0.15, -0.1) is 11.3 Å². The van der Waals surface area contributed by atoms with E-state index >= 15 is 0 Å². The molecule has 0 aliphatic heterocycles. The maximum Gasteiger partial charge on any atom is 0.0959 e. The third-order valence-electron chi connectivity index (χ3n) is 3.37. The van der Waals surface area contributed by atoms with Crippen LogP contribution in [0, 0.1) is 0 Å². The second-order valence-electron chi connectivity index (χ2n) is 4.46. The highest BCUT2D eigenvalue weighted by molar-refractivity contribution is 7.09. The number of nitrogens with zero attached hydrogens (tertiary/aromatic N) is 1. The third-order valence-corrected chi connectivity index (χ3v) is 4.40. The lowest BCUT2D eigenvalue weighted by atomic mass is 9.90. The Morgan fingerprint density at radius 2 is 2.13 bits per heavy atom. The Hall–Kier alpha value is -0.410. The topological polar surface area (TPSA) is 24.9 Å². The van der Waals surface area contributed by atoms with Gasteiger partial charge in [0.1, 0.15) is 0 Å². The number of nitrogens with one attached hydrogen (secondary N) is 1. The van der Waals surface area contributed by atoms with E-state index in [1.807, 2.05) is 18.4 Å². The minimum Gasteiger partial charge on any atom is -0.312 e. The van der Waals surface area contributed by atoms with E-state index in [2.05, 4.69) is 17.6 Å². The van der Waals surface area contributed by atoms with Crippen molar-refractivity contribution in [3.63, 3.8) is 0 Å². The van der Waals surface area contributed by atoms with E-state index in [1.54, 1.807) is 0 Å². The van der Waals surface area contributed by atoms with E-state index < -0.39 is 0 Å². The minimum absolute atomic E-state index is 0.388. The van der Waals surface area contributed by atoms with Crippen LogP contribution >= 0.6 is 11.3 Å². The van der Waals surface area contributed by atoms with Gasteiger partial charge in [-0.1, -0.05) is 19.3 Å². The van der Waals surface area contributed by atoms with E-state index in [9.17, 15) is 0 Å². The first-order valence-electron chi connectivity index (χ1n) is 5.94. The van der Waals surface area contributed by atoms with Crippen molar-refractivity contribution in [2.75, 3.05) is 7.05 Å². The van der Waals surface area contributed by atoms with Crippen molar-refractivity contribution in [3.8, 4) is 0 Å². The molecule has 1 unspecified atom stereocenters. The van der Waals surface area contributed by atoms with E-state index in [0.717, 1.165) is 5.92 Å². The predicted molar refractivity (Wildman–Crippen MR) is 65.4 cm³/mol. The van der Waals surface area contributed by atoms with Crippen LogP contribution in [0.25, 0.3) is 0 Å². The highest BCUT2D eigenvalue weighted by Crippen LogP contribution is 2.34. The molecule has 0 amide bonds. The minimum atomic E-state index is 0.388. The van der Waals surface area contributed by atoms with Gasteiger partial charge in [-0.2, -0.15) is 0 Å². The van der Waals surface area contributed by atoms with Gasteiger partial charge in [-0.3, -0.25) is 0 Å². The summed E-state index contributed by atoms with van der Waals surface area (Å²) in [6.45, 7) is 2.17. The number of aromatic nitrogens is 1. The van der Waals surface area contributed by atoms with Gasteiger partial charge in [-0.25, -0.2) is 4.98 Å². The number of hydrogen-bond acceptors (Lipinski definition) is 3. The van der Waals surface area contributed by atoms with Crippen molar-refractivity contribution in [2.24, 2.45) is 0 Å². The van der Waals surface area contributed by atoms with Gasteiger partial charge >= 0.3 is 0 Å². The zero-order chi connectivity index (χ0) is 10.7. The largest absolute Gasteiger partial charge is 0.312 e. The summed E-state index contributed by atoms with van der Waals surface area (Å²) in [5.74, 6) is 0.751. The van der Waals surface area contributed by atoms with Crippen LogP contribution in [0.15, 0.2) is 5.38 Å². The summed E-state index contributed by atoms with van der Waals surface area (Å²) in [5, 5.41) is 6.82. The van der Waals surface area contributed by atoms with Gasteiger partial charge in [0.2, 0.25) is 0 Å². The van der Waals surface area contributed by atoms with Crippen LogP contribution in [0.5, 0.6) is 0 Å². The summed E-state index contributed by atoms with van der Waals surface area (Å²) in [4.78, 5) is 4.76. The molecule has 0 radical (unpaired) electrons. The summed E-state index contributed by atoms with van der Waals surface area (Å²) >= 11 is 1.85. The van der Waals surface area contributed by atoms with Crippen molar-refractivity contribution in [2.45, 2.75) is 51.0 Å². The van der Waals surface area contributed by atoms with Crippen LogP contribution in [-0.4, -0.2) is 12.0 Å². The summed E-state index contributed by atoms with van der Waals surface area (Å²) < 4.78 is 0. The molecule has 2 nitrogen and oxygen atoms in total. The van der Waals surface area contributed by atoms with Crippen LogP contribution in [0.4, 0.5) is 0 Å². The fraction of sp³-hybridized carbons (Fsp3) is 0.750. The SMILES string of the molecule is CNC(C)c1csc(C2CCCCC2)n1. The Bertz CT molecular complexity index is 302. The molecule has 1 saturated carbocycles. The molecule has 1 heterocycles.